The third-order valence-electron chi connectivity index (χ3n) is 6.27. The topological polar surface area (TPSA) is 160 Å². The number of nitrogens with zero attached hydrogens (tertiary/aromatic N) is 3. The summed E-state index contributed by atoms with van der Waals surface area (Å²) < 4.78 is 0. The third kappa shape index (κ3) is 7.57. The van der Waals surface area contributed by atoms with E-state index in [-0.39, 0.29) is 42.8 Å². The summed E-state index contributed by atoms with van der Waals surface area (Å²) in [5.74, 6) is -2.65. The Labute approximate surface area is 210 Å². The number of likely N-dealkylation sites (tertiary alicyclic amines) is 1. The van der Waals surface area contributed by atoms with Crippen molar-refractivity contribution in [3.63, 3.8) is 0 Å². The number of hydrogen-bond donors (Lipinski definition) is 4. The smallest absolute Gasteiger partial charge is 0.323 e. The van der Waals surface area contributed by atoms with Crippen molar-refractivity contribution in [2.45, 2.75) is 50.2 Å². The first-order valence-corrected chi connectivity index (χ1v) is 11.4. The van der Waals surface area contributed by atoms with E-state index >= 15 is 0 Å². The summed E-state index contributed by atoms with van der Waals surface area (Å²) in [6, 6.07) is 6.74. The highest BCUT2D eigenvalue weighted by Crippen LogP contribution is 2.27. The Balaban J connectivity index is 0.00000432. The second-order valence-corrected chi connectivity index (χ2v) is 8.82. The van der Waals surface area contributed by atoms with Gasteiger partial charge >= 0.3 is 5.97 Å². The number of carboxylic acid groups (broad SMARTS) is 1. The molecule has 11 nitrogen and oxygen atoms in total. The number of likely N-dealkylation sites (N-methyl/N-ethyl adjacent to an activating group) is 1. The monoisotopic (exact) mass is 508 g/mol. The number of benzene rings is 1. The molecule has 0 aromatic heterocycles. The number of carboxylic acids is 1. The molecule has 3 rings (SSSR count). The first kappa shape index (κ1) is 27.9. The standard InChI is InChI=1S/C23H32N6O5.ClH/c1-27(17-8-5-11-28(13-17)23(24)25)19(30)12-18(26-21(33)15-6-3-2-4-7-15)22(34)29(14-20(31)32)16-9-10-16;/h2-4,6-7,16-18H,5,8-14H2,1H3,(H3,24,25)(H,26,33)(H,31,32);1H/t17-,18-;/m0./s1. The maximum absolute atomic E-state index is 13.3. The van der Waals surface area contributed by atoms with Crippen LogP contribution in [0.15, 0.2) is 30.3 Å². The molecule has 2 atom stereocenters. The molecule has 1 heterocycles. The van der Waals surface area contributed by atoms with Crippen molar-refractivity contribution in [3.8, 4) is 0 Å². The summed E-state index contributed by atoms with van der Waals surface area (Å²) in [4.78, 5) is 55.1. The van der Waals surface area contributed by atoms with E-state index in [0.717, 1.165) is 12.8 Å². The first-order valence-electron chi connectivity index (χ1n) is 11.4. The Morgan fingerprint density at radius 2 is 1.83 bits per heavy atom. The van der Waals surface area contributed by atoms with Crippen molar-refractivity contribution in [1.29, 1.82) is 5.41 Å². The lowest BCUT2D eigenvalue weighted by Crippen LogP contribution is -2.55. The molecule has 5 N–H and O–H groups in total. The molecule has 12 heteroatoms. The highest BCUT2D eigenvalue weighted by atomic mass is 35.5. The number of hydrogen-bond acceptors (Lipinski definition) is 5. The van der Waals surface area contributed by atoms with Gasteiger partial charge in [0.15, 0.2) is 5.96 Å². The van der Waals surface area contributed by atoms with Gasteiger partial charge in [0.2, 0.25) is 11.8 Å². The Kier molecular flexibility index (Phi) is 9.88. The average Bonchev–Trinajstić information content (AvgIpc) is 3.67. The van der Waals surface area contributed by atoms with E-state index in [0.29, 0.717) is 31.5 Å². The predicted molar refractivity (Wildman–Crippen MR) is 131 cm³/mol. The van der Waals surface area contributed by atoms with Crippen molar-refractivity contribution in [1.82, 2.24) is 20.0 Å². The number of carbonyl (C=O) groups is 4. The second-order valence-electron chi connectivity index (χ2n) is 8.82. The number of halogens is 1. The quantitative estimate of drug-likeness (QED) is 0.279. The van der Waals surface area contributed by atoms with Gasteiger partial charge in [0.25, 0.3) is 5.91 Å². The number of rotatable bonds is 9. The van der Waals surface area contributed by atoms with Gasteiger partial charge in [-0.2, -0.15) is 0 Å². The van der Waals surface area contributed by atoms with Crippen molar-refractivity contribution in [2.24, 2.45) is 5.73 Å². The maximum Gasteiger partial charge on any atom is 0.323 e. The highest BCUT2D eigenvalue weighted by Gasteiger charge is 2.39. The van der Waals surface area contributed by atoms with E-state index in [9.17, 15) is 24.3 Å². The summed E-state index contributed by atoms with van der Waals surface area (Å²) >= 11 is 0. The number of nitrogens with one attached hydrogen (secondary N) is 2. The fourth-order valence-corrected chi connectivity index (χ4v) is 4.16. The minimum atomic E-state index is -1.20. The van der Waals surface area contributed by atoms with Crippen LogP contribution in [0.4, 0.5) is 0 Å². The van der Waals surface area contributed by atoms with Crippen molar-refractivity contribution in [3.05, 3.63) is 35.9 Å². The van der Waals surface area contributed by atoms with Gasteiger partial charge in [-0.3, -0.25) is 24.6 Å². The molecule has 2 fully saturated rings. The Morgan fingerprint density at radius 3 is 2.40 bits per heavy atom. The molecular weight excluding hydrogens is 476 g/mol. The molecule has 2 aliphatic rings. The zero-order valence-electron chi connectivity index (χ0n) is 19.7. The van der Waals surface area contributed by atoms with E-state index in [2.05, 4.69) is 5.32 Å². The average molecular weight is 509 g/mol. The van der Waals surface area contributed by atoms with Gasteiger partial charge in [-0.1, -0.05) is 18.2 Å². The Hall–Kier alpha value is -3.34. The molecule has 0 spiro atoms. The zero-order chi connectivity index (χ0) is 24.8. The fourth-order valence-electron chi connectivity index (χ4n) is 4.16. The first-order chi connectivity index (χ1) is 16.2. The molecule has 0 radical (unpaired) electrons. The molecule has 3 amide bonds. The summed E-state index contributed by atoms with van der Waals surface area (Å²) in [7, 11) is 1.63. The van der Waals surface area contributed by atoms with Gasteiger partial charge in [0.1, 0.15) is 12.6 Å². The minimum Gasteiger partial charge on any atom is -0.480 e. The SMILES string of the molecule is CN(C(=O)C[C@H](NC(=O)c1ccccc1)C(=O)N(CC(=O)O)C1CC1)[C@H]1CCCN(C(=N)N)C1.Cl. The summed E-state index contributed by atoms with van der Waals surface area (Å²) in [5.41, 5.74) is 5.94. The Bertz CT molecular complexity index is 942. The molecule has 0 bridgehead atoms. The largest absolute Gasteiger partial charge is 0.480 e. The maximum atomic E-state index is 13.3. The van der Waals surface area contributed by atoms with Crippen molar-refractivity contribution < 1.29 is 24.3 Å². The van der Waals surface area contributed by atoms with Crippen LogP contribution < -0.4 is 11.1 Å². The fraction of sp³-hybridized carbons (Fsp3) is 0.522. The Morgan fingerprint density at radius 1 is 1.17 bits per heavy atom. The lowest BCUT2D eigenvalue weighted by atomic mass is 10.0. The van der Waals surface area contributed by atoms with Crippen LogP contribution in [0.3, 0.4) is 0 Å². The molecule has 1 aromatic carbocycles. The molecule has 35 heavy (non-hydrogen) atoms. The van der Waals surface area contributed by atoms with Gasteiger partial charge in [0, 0.05) is 37.8 Å². The highest BCUT2D eigenvalue weighted by molar-refractivity contribution is 5.99. The van der Waals surface area contributed by atoms with Gasteiger partial charge in [0.05, 0.1) is 6.42 Å². The molecule has 1 saturated heterocycles. The molecule has 1 saturated carbocycles. The van der Waals surface area contributed by atoms with Crippen molar-refractivity contribution in [2.75, 3.05) is 26.7 Å². The lowest BCUT2D eigenvalue weighted by molar-refractivity contribution is -0.146. The third-order valence-corrected chi connectivity index (χ3v) is 6.27. The van der Waals surface area contributed by atoms with E-state index in [1.54, 1.807) is 42.3 Å². The van der Waals surface area contributed by atoms with Gasteiger partial charge < -0.3 is 30.9 Å². The van der Waals surface area contributed by atoms with Gasteiger partial charge in [-0.05, 0) is 37.8 Å². The molecule has 1 aliphatic carbocycles. The number of piperidine rings is 1. The van der Waals surface area contributed by atoms with E-state index in [1.165, 1.54) is 9.80 Å². The normalized spacial score (nSPS) is 18.0. The number of guanidine groups is 1. The number of amides is 3. The summed E-state index contributed by atoms with van der Waals surface area (Å²) in [5, 5.41) is 19.6. The predicted octanol–water partition coefficient (Wildman–Crippen LogP) is 0.489. The van der Waals surface area contributed by atoms with Crippen LogP contribution >= 0.6 is 12.4 Å². The minimum absolute atomic E-state index is 0. The summed E-state index contributed by atoms with van der Waals surface area (Å²) in [6.45, 7) is 0.578. The summed E-state index contributed by atoms with van der Waals surface area (Å²) in [6.07, 6.45) is 2.58. The van der Waals surface area contributed by atoms with Crippen LogP contribution in [0.5, 0.6) is 0 Å². The van der Waals surface area contributed by atoms with Gasteiger partial charge in [-0.25, -0.2) is 0 Å². The molecule has 1 aliphatic heterocycles. The van der Waals surface area contributed by atoms with Crippen LogP contribution in [-0.2, 0) is 14.4 Å². The molecule has 0 unspecified atom stereocenters. The molecule has 192 valence electrons. The lowest BCUT2D eigenvalue weighted by Gasteiger charge is -2.38. The van der Waals surface area contributed by atoms with Crippen molar-refractivity contribution >= 4 is 42.1 Å². The van der Waals surface area contributed by atoms with Crippen LogP contribution in [0.1, 0.15) is 42.5 Å². The zero-order valence-corrected chi connectivity index (χ0v) is 20.5. The van der Waals surface area contributed by atoms with E-state index in [4.69, 9.17) is 11.1 Å². The van der Waals surface area contributed by atoms with Crippen LogP contribution in [0, 0.1) is 5.41 Å². The number of nitrogens with two attached hydrogens (primary N) is 1. The second kappa shape index (κ2) is 12.4. The number of aliphatic carboxylic acids is 1. The number of carbonyl (C=O) groups excluding carboxylic acids is 3. The van der Waals surface area contributed by atoms with E-state index < -0.39 is 30.4 Å². The van der Waals surface area contributed by atoms with Crippen LogP contribution in [0.25, 0.3) is 0 Å². The van der Waals surface area contributed by atoms with Gasteiger partial charge in [-0.15, -0.1) is 12.4 Å². The van der Waals surface area contributed by atoms with Crippen LogP contribution in [-0.4, -0.2) is 94.3 Å². The van der Waals surface area contributed by atoms with E-state index in [1.807, 2.05) is 0 Å². The molecular formula is C23H33ClN6O5. The van der Waals surface area contributed by atoms with Crippen LogP contribution in [0.2, 0.25) is 0 Å². The molecule has 1 aromatic rings.